The molecule has 1 aromatic carbocycles. The maximum absolute atomic E-state index is 10.8. The van der Waals surface area contributed by atoms with E-state index in [9.17, 15) is 15.2 Å². The highest BCUT2D eigenvalue weighted by Gasteiger charge is 2.33. The lowest BCUT2D eigenvalue weighted by atomic mass is 9.98. The smallest absolute Gasteiger partial charge is 0.311 e. The van der Waals surface area contributed by atoms with E-state index < -0.39 is 4.92 Å². The predicted octanol–water partition coefficient (Wildman–Crippen LogP) is 2.32. The zero-order chi connectivity index (χ0) is 13.9. The van der Waals surface area contributed by atoms with Crippen LogP contribution in [-0.2, 0) is 0 Å². The van der Waals surface area contributed by atoms with Crippen molar-refractivity contribution in [1.82, 2.24) is 0 Å². The first-order valence-corrected chi connectivity index (χ1v) is 6.32. The van der Waals surface area contributed by atoms with Crippen molar-refractivity contribution in [3.63, 3.8) is 0 Å². The molecule has 19 heavy (non-hydrogen) atoms. The molecule has 0 aliphatic heterocycles. The van der Waals surface area contributed by atoms with Gasteiger partial charge in [-0.05, 0) is 18.9 Å². The Morgan fingerprint density at radius 1 is 1.47 bits per heavy atom. The molecule has 6 nitrogen and oxygen atoms in total. The van der Waals surface area contributed by atoms with Gasteiger partial charge in [0.2, 0.25) is 0 Å². The molecule has 0 spiro atoms. The van der Waals surface area contributed by atoms with Crippen LogP contribution in [0.2, 0.25) is 0 Å². The van der Waals surface area contributed by atoms with Gasteiger partial charge in [0.1, 0.15) is 0 Å². The molecule has 0 heterocycles. The summed E-state index contributed by atoms with van der Waals surface area (Å²) >= 11 is 0. The fourth-order valence-electron chi connectivity index (χ4n) is 2.59. The number of hydrogen-bond acceptors (Lipinski definition) is 5. The Bertz CT molecular complexity index is 470. The van der Waals surface area contributed by atoms with Gasteiger partial charge in [0.05, 0.1) is 24.2 Å². The van der Waals surface area contributed by atoms with Gasteiger partial charge in [0.15, 0.2) is 5.75 Å². The highest BCUT2D eigenvalue weighted by molar-refractivity contribution is 5.59. The van der Waals surface area contributed by atoms with E-state index in [-0.39, 0.29) is 23.6 Å². The van der Waals surface area contributed by atoms with E-state index in [0.29, 0.717) is 0 Å². The molecular weight excluding hydrogens is 248 g/mol. The van der Waals surface area contributed by atoms with E-state index in [1.54, 1.807) is 12.1 Å². The summed E-state index contributed by atoms with van der Waals surface area (Å²) in [6.45, 7) is 0.0618. The van der Waals surface area contributed by atoms with Gasteiger partial charge in [-0.2, -0.15) is 0 Å². The van der Waals surface area contributed by atoms with Crippen LogP contribution in [0.5, 0.6) is 5.75 Å². The van der Waals surface area contributed by atoms with Gasteiger partial charge in [-0.25, -0.2) is 0 Å². The molecular formula is C13H18N2O4. The summed E-state index contributed by atoms with van der Waals surface area (Å²) in [5.74, 6) is 0.223. The van der Waals surface area contributed by atoms with Gasteiger partial charge < -0.3 is 15.2 Å². The largest absolute Gasteiger partial charge is 0.490 e. The molecule has 0 bridgehead atoms. The molecule has 1 aliphatic rings. The number of ether oxygens (including phenoxy) is 1. The van der Waals surface area contributed by atoms with Crippen LogP contribution in [0.4, 0.5) is 11.4 Å². The maximum atomic E-state index is 10.8. The van der Waals surface area contributed by atoms with Gasteiger partial charge in [0.25, 0.3) is 0 Å². The average molecular weight is 266 g/mol. The van der Waals surface area contributed by atoms with Crippen LogP contribution in [0.3, 0.4) is 0 Å². The number of aliphatic hydroxyl groups is 1. The number of rotatable bonds is 5. The molecule has 104 valence electrons. The molecule has 2 rings (SSSR count). The fourth-order valence-corrected chi connectivity index (χ4v) is 2.59. The predicted molar refractivity (Wildman–Crippen MR) is 71.6 cm³/mol. The second-order valence-corrected chi connectivity index (χ2v) is 4.91. The van der Waals surface area contributed by atoms with Crippen LogP contribution in [0.25, 0.3) is 0 Å². The molecule has 0 atom stereocenters. The number of nitrogens with zero attached hydrogens (tertiary/aromatic N) is 1. The quantitative estimate of drug-likeness (QED) is 0.631. The number of hydrogen-bond donors (Lipinski definition) is 2. The summed E-state index contributed by atoms with van der Waals surface area (Å²) in [6, 6.07) is 4.67. The Morgan fingerprint density at radius 3 is 2.68 bits per heavy atom. The van der Waals surface area contributed by atoms with E-state index in [4.69, 9.17) is 4.74 Å². The second kappa shape index (κ2) is 5.44. The third kappa shape index (κ3) is 2.78. The van der Waals surface area contributed by atoms with Crippen LogP contribution in [0.15, 0.2) is 18.2 Å². The molecule has 0 unspecified atom stereocenters. The van der Waals surface area contributed by atoms with E-state index in [0.717, 1.165) is 31.4 Å². The topological polar surface area (TPSA) is 84.6 Å². The summed E-state index contributed by atoms with van der Waals surface area (Å²) in [7, 11) is 1.41. The number of aliphatic hydroxyl groups excluding tert-OH is 1. The fraction of sp³-hybridized carbons (Fsp3) is 0.538. The standard InChI is InChI=1S/C13H18N2O4/c1-19-12-8-10(4-5-11(12)15(17)18)14-13(9-16)6-2-3-7-13/h4-5,8,14,16H,2-3,6-7,9H2,1H3. The Kier molecular flexibility index (Phi) is 3.90. The van der Waals surface area contributed by atoms with Crippen molar-refractivity contribution in [2.24, 2.45) is 0 Å². The molecule has 2 N–H and O–H groups in total. The summed E-state index contributed by atoms with van der Waals surface area (Å²) in [5.41, 5.74) is 0.372. The van der Waals surface area contributed by atoms with Crippen LogP contribution < -0.4 is 10.1 Å². The molecule has 1 aromatic rings. The highest BCUT2D eigenvalue weighted by Crippen LogP contribution is 2.35. The van der Waals surface area contributed by atoms with Gasteiger partial charge >= 0.3 is 5.69 Å². The van der Waals surface area contributed by atoms with Crippen molar-refractivity contribution in [2.45, 2.75) is 31.2 Å². The number of nitrogens with one attached hydrogen (secondary N) is 1. The first-order chi connectivity index (χ1) is 9.10. The number of benzene rings is 1. The van der Waals surface area contributed by atoms with E-state index in [1.807, 2.05) is 0 Å². The normalized spacial score (nSPS) is 17.2. The Morgan fingerprint density at radius 2 is 2.16 bits per heavy atom. The number of nitro benzene ring substituents is 1. The third-order valence-corrected chi connectivity index (χ3v) is 3.65. The first-order valence-electron chi connectivity index (χ1n) is 6.32. The van der Waals surface area contributed by atoms with Gasteiger partial charge in [0, 0.05) is 17.8 Å². The Balaban J connectivity index is 2.23. The van der Waals surface area contributed by atoms with Gasteiger partial charge in [-0.3, -0.25) is 10.1 Å². The lowest BCUT2D eigenvalue weighted by molar-refractivity contribution is -0.385. The molecule has 0 saturated heterocycles. The second-order valence-electron chi connectivity index (χ2n) is 4.91. The van der Waals surface area contributed by atoms with Crippen molar-refractivity contribution in [1.29, 1.82) is 0 Å². The minimum absolute atomic E-state index is 0.0579. The molecule has 0 aromatic heterocycles. The summed E-state index contributed by atoms with van der Waals surface area (Å²) in [5, 5.41) is 23.7. The summed E-state index contributed by atoms with van der Waals surface area (Å²) in [6.07, 6.45) is 3.97. The monoisotopic (exact) mass is 266 g/mol. The molecule has 0 amide bonds. The third-order valence-electron chi connectivity index (χ3n) is 3.65. The average Bonchev–Trinajstić information content (AvgIpc) is 2.87. The zero-order valence-electron chi connectivity index (χ0n) is 10.9. The van der Waals surface area contributed by atoms with Crippen molar-refractivity contribution in [3.05, 3.63) is 28.3 Å². The van der Waals surface area contributed by atoms with E-state index in [1.165, 1.54) is 13.2 Å². The van der Waals surface area contributed by atoms with Crippen LogP contribution in [-0.4, -0.2) is 29.3 Å². The molecule has 1 saturated carbocycles. The van der Waals surface area contributed by atoms with Gasteiger partial charge in [-0.15, -0.1) is 0 Å². The van der Waals surface area contributed by atoms with Crippen LogP contribution >= 0.6 is 0 Å². The SMILES string of the molecule is COc1cc(NC2(CO)CCCC2)ccc1[N+](=O)[O-]. The van der Waals surface area contributed by atoms with Crippen molar-refractivity contribution in [3.8, 4) is 5.75 Å². The number of nitro groups is 1. The Labute approximate surface area is 111 Å². The summed E-state index contributed by atoms with van der Waals surface area (Å²) in [4.78, 5) is 10.3. The van der Waals surface area contributed by atoms with Crippen LogP contribution in [0, 0.1) is 10.1 Å². The molecule has 6 heteroatoms. The van der Waals surface area contributed by atoms with Crippen molar-refractivity contribution in [2.75, 3.05) is 19.0 Å². The van der Waals surface area contributed by atoms with E-state index in [2.05, 4.69) is 5.32 Å². The zero-order valence-corrected chi connectivity index (χ0v) is 10.9. The first kappa shape index (κ1) is 13.6. The number of methoxy groups -OCH3 is 1. The van der Waals surface area contributed by atoms with Crippen molar-refractivity contribution < 1.29 is 14.8 Å². The highest BCUT2D eigenvalue weighted by atomic mass is 16.6. The lowest BCUT2D eigenvalue weighted by Gasteiger charge is -2.29. The van der Waals surface area contributed by atoms with E-state index >= 15 is 0 Å². The Hall–Kier alpha value is -1.82. The van der Waals surface area contributed by atoms with Crippen molar-refractivity contribution >= 4 is 11.4 Å². The molecule has 1 aliphatic carbocycles. The molecule has 0 radical (unpaired) electrons. The maximum Gasteiger partial charge on any atom is 0.311 e. The lowest BCUT2D eigenvalue weighted by Crippen LogP contribution is -2.38. The van der Waals surface area contributed by atoms with Crippen LogP contribution in [0.1, 0.15) is 25.7 Å². The minimum atomic E-state index is -0.472. The summed E-state index contributed by atoms with van der Waals surface area (Å²) < 4.78 is 5.03. The molecule has 1 fully saturated rings. The van der Waals surface area contributed by atoms with Gasteiger partial charge in [-0.1, -0.05) is 12.8 Å². The number of anilines is 1. The minimum Gasteiger partial charge on any atom is -0.490 e.